The number of amides is 1. The van der Waals surface area contributed by atoms with Crippen molar-refractivity contribution in [1.82, 2.24) is 9.88 Å². The molecular weight excluding hydrogens is 350 g/mol. The van der Waals surface area contributed by atoms with Gasteiger partial charge in [0.1, 0.15) is 11.2 Å². The summed E-state index contributed by atoms with van der Waals surface area (Å²) in [4.78, 5) is 30.4. The third kappa shape index (κ3) is 3.95. The summed E-state index contributed by atoms with van der Waals surface area (Å²) in [5, 5.41) is 12.1. The number of hydrogen-bond donors (Lipinski definition) is 2. The molecule has 2 aromatic rings. The van der Waals surface area contributed by atoms with Crippen molar-refractivity contribution < 1.29 is 23.8 Å². The van der Waals surface area contributed by atoms with Crippen LogP contribution in [0, 0.1) is 0 Å². The van der Waals surface area contributed by atoms with Crippen molar-refractivity contribution in [3.05, 3.63) is 35.4 Å². The highest BCUT2D eigenvalue weighted by Gasteiger charge is 2.34. The third-order valence-electron chi connectivity index (χ3n) is 4.40. The summed E-state index contributed by atoms with van der Waals surface area (Å²) in [6.45, 7) is 2.17. The van der Waals surface area contributed by atoms with Crippen LogP contribution >= 0.6 is 0 Å². The van der Waals surface area contributed by atoms with Crippen molar-refractivity contribution in [2.45, 2.75) is 26.2 Å². The van der Waals surface area contributed by atoms with Crippen molar-refractivity contribution in [3.63, 3.8) is 0 Å². The molecule has 2 N–H and O–H groups in total. The summed E-state index contributed by atoms with van der Waals surface area (Å²) in [5.74, 6) is -0.246. The van der Waals surface area contributed by atoms with Gasteiger partial charge in [-0.3, -0.25) is 4.79 Å². The van der Waals surface area contributed by atoms with Gasteiger partial charge in [-0.05, 0) is 18.6 Å². The van der Waals surface area contributed by atoms with Crippen molar-refractivity contribution in [2.75, 3.05) is 32.1 Å². The number of hydrogen-bond acceptors (Lipinski definition) is 7. The van der Waals surface area contributed by atoms with E-state index < -0.39 is 5.97 Å². The number of benzene rings is 1. The lowest BCUT2D eigenvalue weighted by Crippen LogP contribution is -2.31. The average Bonchev–Trinajstić information content (AvgIpc) is 3.21. The number of methoxy groups -OCH3 is 1. The molecule has 0 spiro atoms. The quantitative estimate of drug-likeness (QED) is 0.680. The first kappa shape index (κ1) is 18.9. The number of carbonyl (C=O) groups is 2. The molecule has 8 heteroatoms. The molecule has 0 bridgehead atoms. The molecule has 0 radical (unpaired) electrons. The van der Waals surface area contributed by atoms with E-state index in [1.807, 2.05) is 0 Å². The van der Waals surface area contributed by atoms with Crippen molar-refractivity contribution in [2.24, 2.45) is 0 Å². The fraction of sp³-hybridized carbons (Fsp3) is 0.421. The number of nitrogens with one attached hydrogen (secondary N) is 1. The highest BCUT2D eigenvalue weighted by Crippen LogP contribution is 2.26. The van der Waals surface area contributed by atoms with E-state index >= 15 is 0 Å². The second-order valence-corrected chi connectivity index (χ2v) is 6.31. The summed E-state index contributed by atoms with van der Waals surface area (Å²) < 4.78 is 10.6. The zero-order valence-corrected chi connectivity index (χ0v) is 15.4. The SMILES string of the molecule is CCCCc1nc2ccc(NC3=C(C(=O)OC)CN(CCO)C3=O)cc2o1. The van der Waals surface area contributed by atoms with Gasteiger partial charge in [-0.2, -0.15) is 0 Å². The molecule has 8 nitrogen and oxygen atoms in total. The van der Waals surface area contributed by atoms with E-state index in [0.717, 1.165) is 24.8 Å². The van der Waals surface area contributed by atoms with Gasteiger partial charge in [0.15, 0.2) is 11.5 Å². The predicted molar refractivity (Wildman–Crippen MR) is 99.0 cm³/mol. The van der Waals surface area contributed by atoms with Gasteiger partial charge in [0.25, 0.3) is 5.91 Å². The maximum Gasteiger partial charge on any atom is 0.337 e. The Morgan fingerprint density at radius 3 is 2.96 bits per heavy atom. The van der Waals surface area contributed by atoms with E-state index in [1.165, 1.54) is 12.0 Å². The van der Waals surface area contributed by atoms with Crippen LogP contribution in [0.15, 0.2) is 33.9 Å². The Kier molecular flexibility index (Phi) is 5.75. The molecule has 0 atom stereocenters. The number of nitrogens with zero attached hydrogens (tertiary/aromatic N) is 2. The van der Waals surface area contributed by atoms with Gasteiger partial charge in [-0.25, -0.2) is 9.78 Å². The van der Waals surface area contributed by atoms with E-state index in [9.17, 15) is 9.59 Å². The smallest absolute Gasteiger partial charge is 0.337 e. The maximum atomic E-state index is 12.6. The summed E-state index contributed by atoms with van der Waals surface area (Å²) in [5.41, 5.74) is 2.35. The minimum atomic E-state index is -0.575. The third-order valence-corrected chi connectivity index (χ3v) is 4.40. The number of carbonyl (C=O) groups excluding carboxylic acids is 2. The van der Waals surface area contributed by atoms with E-state index in [1.54, 1.807) is 18.2 Å². The van der Waals surface area contributed by atoms with E-state index in [2.05, 4.69) is 17.2 Å². The number of rotatable bonds is 8. The molecule has 144 valence electrons. The Hall–Kier alpha value is -2.87. The number of esters is 1. The minimum Gasteiger partial charge on any atom is -0.466 e. The molecule has 2 heterocycles. The van der Waals surface area contributed by atoms with Crippen LogP contribution in [0.3, 0.4) is 0 Å². The fourth-order valence-corrected chi connectivity index (χ4v) is 2.98. The molecule has 0 unspecified atom stereocenters. The number of aliphatic hydroxyl groups excluding tert-OH is 1. The highest BCUT2D eigenvalue weighted by atomic mass is 16.5. The van der Waals surface area contributed by atoms with Gasteiger partial charge < -0.3 is 24.5 Å². The standard InChI is InChI=1S/C19H23N3O5/c1-3-4-5-16-21-14-7-6-12(10-15(14)27-16)20-17-13(19(25)26-2)11-22(8-9-23)18(17)24/h6-7,10,20,23H,3-5,8-9,11H2,1-2H3. The molecule has 1 aliphatic heterocycles. The lowest BCUT2D eigenvalue weighted by molar-refractivity contribution is -0.136. The minimum absolute atomic E-state index is 0.0973. The number of β-amino-alcohol motifs (C(OH)–C–C–N with tert-alkyl or cyclic N) is 1. The molecule has 1 aromatic carbocycles. The number of aryl methyl sites for hydroxylation is 1. The Morgan fingerprint density at radius 2 is 2.26 bits per heavy atom. The second-order valence-electron chi connectivity index (χ2n) is 6.31. The monoisotopic (exact) mass is 373 g/mol. The summed E-state index contributed by atoms with van der Waals surface area (Å²) in [6.07, 6.45) is 2.84. The molecule has 0 fully saturated rings. The van der Waals surface area contributed by atoms with Gasteiger partial charge in [0, 0.05) is 24.7 Å². The zero-order chi connectivity index (χ0) is 19.4. The lowest BCUT2D eigenvalue weighted by Gasteiger charge is -2.14. The van der Waals surface area contributed by atoms with Crippen LogP contribution in [-0.4, -0.2) is 53.7 Å². The van der Waals surface area contributed by atoms with Crippen LogP contribution in [0.1, 0.15) is 25.7 Å². The van der Waals surface area contributed by atoms with E-state index in [0.29, 0.717) is 17.2 Å². The van der Waals surface area contributed by atoms with Crippen molar-refractivity contribution in [3.8, 4) is 0 Å². The normalized spacial score (nSPS) is 14.3. The number of aliphatic hydroxyl groups is 1. The number of ether oxygens (including phenoxy) is 1. The van der Waals surface area contributed by atoms with Gasteiger partial charge in [-0.15, -0.1) is 0 Å². The van der Waals surface area contributed by atoms with Crippen molar-refractivity contribution >= 4 is 28.7 Å². The summed E-state index contributed by atoms with van der Waals surface area (Å²) >= 11 is 0. The maximum absolute atomic E-state index is 12.6. The fourth-order valence-electron chi connectivity index (χ4n) is 2.98. The van der Waals surface area contributed by atoms with Crippen LogP contribution < -0.4 is 5.32 Å². The summed E-state index contributed by atoms with van der Waals surface area (Å²) in [6, 6.07) is 5.33. The zero-order valence-electron chi connectivity index (χ0n) is 15.4. The van der Waals surface area contributed by atoms with Crippen molar-refractivity contribution in [1.29, 1.82) is 0 Å². The highest BCUT2D eigenvalue weighted by molar-refractivity contribution is 6.08. The number of aromatic nitrogens is 1. The summed E-state index contributed by atoms with van der Waals surface area (Å²) in [7, 11) is 1.27. The molecule has 27 heavy (non-hydrogen) atoms. The molecular formula is C19H23N3O5. The lowest BCUT2D eigenvalue weighted by atomic mass is 10.2. The van der Waals surface area contributed by atoms with Crippen LogP contribution in [0.5, 0.6) is 0 Å². The Labute approximate surface area is 156 Å². The first-order chi connectivity index (χ1) is 13.1. The van der Waals surface area contributed by atoms with E-state index in [4.69, 9.17) is 14.3 Å². The Morgan fingerprint density at radius 1 is 1.44 bits per heavy atom. The Balaban J connectivity index is 1.86. The van der Waals surface area contributed by atoms with Crippen LogP contribution in [-0.2, 0) is 20.7 Å². The van der Waals surface area contributed by atoms with Gasteiger partial charge in [0.2, 0.25) is 0 Å². The first-order valence-corrected chi connectivity index (χ1v) is 8.95. The first-order valence-electron chi connectivity index (χ1n) is 8.95. The predicted octanol–water partition coefficient (Wildman–Crippen LogP) is 1.84. The molecule has 1 aliphatic rings. The largest absolute Gasteiger partial charge is 0.466 e. The van der Waals surface area contributed by atoms with Crippen LogP contribution in [0.25, 0.3) is 11.1 Å². The number of anilines is 1. The van der Waals surface area contributed by atoms with Gasteiger partial charge >= 0.3 is 5.97 Å². The van der Waals surface area contributed by atoms with Crippen LogP contribution in [0.4, 0.5) is 5.69 Å². The second kappa shape index (κ2) is 8.22. The average molecular weight is 373 g/mol. The topological polar surface area (TPSA) is 105 Å². The van der Waals surface area contributed by atoms with Gasteiger partial charge in [-0.1, -0.05) is 13.3 Å². The molecule has 1 amide bonds. The van der Waals surface area contributed by atoms with Gasteiger partial charge in [0.05, 0.1) is 25.8 Å². The molecule has 1 aromatic heterocycles. The molecule has 0 saturated carbocycles. The number of fused-ring (bicyclic) bond motifs is 1. The number of oxazole rings is 1. The van der Waals surface area contributed by atoms with E-state index in [-0.39, 0.29) is 36.9 Å². The molecule has 3 rings (SSSR count). The molecule has 0 saturated heterocycles. The van der Waals surface area contributed by atoms with Crippen LogP contribution in [0.2, 0.25) is 0 Å². The number of unbranched alkanes of at least 4 members (excludes halogenated alkanes) is 1. The molecule has 0 aliphatic carbocycles. The Bertz CT molecular complexity index is 887.